The fourth-order valence-corrected chi connectivity index (χ4v) is 1.44. The minimum Gasteiger partial charge on any atom is -0.291 e. The smallest absolute Gasteiger partial charge is 0.208 e. The number of hydrogen-bond acceptors (Lipinski definition) is 3. The molecular formula is C11H11FN2O. The quantitative estimate of drug-likeness (QED) is 0.746. The Morgan fingerprint density at radius 2 is 2.00 bits per heavy atom. The molecule has 1 aliphatic rings. The van der Waals surface area contributed by atoms with Gasteiger partial charge in [0.1, 0.15) is 0 Å². The van der Waals surface area contributed by atoms with Crippen LogP contribution in [0.15, 0.2) is 30.6 Å². The molecule has 0 amide bonds. The Morgan fingerprint density at radius 3 is 2.73 bits per heavy atom. The molecule has 4 heteroatoms. The summed E-state index contributed by atoms with van der Waals surface area (Å²) in [5, 5.41) is 0. The third-order valence-electron chi connectivity index (χ3n) is 2.21. The number of rotatable bonds is 2. The molecule has 0 saturated heterocycles. The van der Waals surface area contributed by atoms with Crippen molar-refractivity contribution in [2.24, 2.45) is 0 Å². The summed E-state index contributed by atoms with van der Waals surface area (Å²) in [4.78, 5) is 11.6. The Balaban J connectivity index is 2.24. The van der Waals surface area contributed by atoms with Crippen LogP contribution in [0.4, 0.5) is 4.53 Å². The molecule has 0 unspecified atom stereocenters. The molecule has 3 nitrogen and oxygen atoms in total. The second kappa shape index (κ2) is 4.68. The molecule has 1 aromatic heterocycles. The summed E-state index contributed by atoms with van der Waals surface area (Å²) in [6.07, 6.45) is 12.1. The van der Waals surface area contributed by atoms with Crippen molar-refractivity contribution in [2.75, 3.05) is 0 Å². The Labute approximate surface area is 87.2 Å². The van der Waals surface area contributed by atoms with Crippen molar-refractivity contribution >= 4 is 5.57 Å². The van der Waals surface area contributed by atoms with Crippen molar-refractivity contribution in [2.45, 2.75) is 19.3 Å². The standard InChI is InChI=1S/C11H11FN2O/c12-15-10-7-13-11(14-8-10)9-5-3-1-2-4-6-9/h3,5-8H,1-2,4H2. The molecule has 0 aromatic carbocycles. The van der Waals surface area contributed by atoms with Gasteiger partial charge in [0.15, 0.2) is 5.82 Å². The highest BCUT2D eigenvalue weighted by Gasteiger charge is 2.04. The van der Waals surface area contributed by atoms with E-state index in [1.807, 2.05) is 6.08 Å². The average Bonchev–Trinajstić information content (AvgIpc) is 2.58. The van der Waals surface area contributed by atoms with E-state index in [1.54, 1.807) is 0 Å². The van der Waals surface area contributed by atoms with Gasteiger partial charge in [-0.05, 0) is 19.3 Å². The summed E-state index contributed by atoms with van der Waals surface area (Å²) in [6, 6.07) is 0. The van der Waals surface area contributed by atoms with Crippen LogP contribution in [-0.2, 0) is 0 Å². The van der Waals surface area contributed by atoms with Gasteiger partial charge in [0.05, 0.1) is 12.4 Å². The van der Waals surface area contributed by atoms with Crippen LogP contribution >= 0.6 is 0 Å². The molecule has 0 atom stereocenters. The van der Waals surface area contributed by atoms with Crippen LogP contribution in [0.2, 0.25) is 0 Å². The molecule has 1 aliphatic carbocycles. The highest BCUT2D eigenvalue weighted by molar-refractivity contribution is 5.69. The Bertz CT molecular complexity index is 384. The van der Waals surface area contributed by atoms with Crippen molar-refractivity contribution in [3.05, 3.63) is 36.4 Å². The molecular weight excluding hydrogens is 195 g/mol. The van der Waals surface area contributed by atoms with Crippen LogP contribution in [0, 0.1) is 0 Å². The summed E-state index contributed by atoms with van der Waals surface area (Å²) < 4.78 is 11.8. The van der Waals surface area contributed by atoms with Crippen molar-refractivity contribution in [1.82, 2.24) is 9.97 Å². The van der Waals surface area contributed by atoms with E-state index in [0.717, 1.165) is 24.8 Å². The van der Waals surface area contributed by atoms with Gasteiger partial charge in [-0.3, -0.25) is 4.94 Å². The van der Waals surface area contributed by atoms with Gasteiger partial charge in [0, 0.05) is 10.1 Å². The SMILES string of the molecule is FOc1cnc(C2=CCCCC=C2)nc1. The summed E-state index contributed by atoms with van der Waals surface area (Å²) in [6.45, 7) is 0. The molecule has 2 rings (SSSR count). The normalized spacial score (nSPS) is 15.7. The Morgan fingerprint density at radius 1 is 1.20 bits per heavy atom. The molecule has 0 saturated carbocycles. The lowest BCUT2D eigenvalue weighted by molar-refractivity contribution is -0.00712. The lowest BCUT2D eigenvalue weighted by Crippen LogP contribution is -1.92. The third-order valence-corrected chi connectivity index (χ3v) is 2.21. The van der Waals surface area contributed by atoms with Gasteiger partial charge in [0.2, 0.25) is 5.75 Å². The third kappa shape index (κ3) is 2.40. The van der Waals surface area contributed by atoms with Crippen LogP contribution in [0.3, 0.4) is 0 Å². The van der Waals surface area contributed by atoms with Gasteiger partial charge < -0.3 is 0 Å². The van der Waals surface area contributed by atoms with Crippen LogP contribution in [0.25, 0.3) is 5.57 Å². The van der Waals surface area contributed by atoms with E-state index in [4.69, 9.17) is 0 Å². The van der Waals surface area contributed by atoms with E-state index in [-0.39, 0.29) is 5.75 Å². The molecule has 0 bridgehead atoms. The fraction of sp³-hybridized carbons (Fsp3) is 0.273. The van der Waals surface area contributed by atoms with Crippen molar-refractivity contribution in [3.63, 3.8) is 0 Å². The number of allylic oxidation sites excluding steroid dienone is 4. The molecule has 0 radical (unpaired) electrons. The molecule has 1 heterocycles. The molecule has 0 fully saturated rings. The van der Waals surface area contributed by atoms with Gasteiger partial charge in [0.25, 0.3) is 0 Å². The maximum atomic E-state index is 11.8. The van der Waals surface area contributed by atoms with Gasteiger partial charge in [-0.25, -0.2) is 9.97 Å². The predicted octanol–water partition coefficient (Wildman–Crippen LogP) is 2.86. The van der Waals surface area contributed by atoms with Crippen LogP contribution in [0.5, 0.6) is 5.75 Å². The zero-order valence-electron chi connectivity index (χ0n) is 8.19. The van der Waals surface area contributed by atoms with Crippen LogP contribution in [-0.4, -0.2) is 9.97 Å². The minimum atomic E-state index is 0.0250. The average molecular weight is 206 g/mol. The lowest BCUT2D eigenvalue weighted by Gasteiger charge is -1.99. The molecule has 0 N–H and O–H groups in total. The van der Waals surface area contributed by atoms with E-state index >= 15 is 0 Å². The summed E-state index contributed by atoms with van der Waals surface area (Å²) in [5.41, 5.74) is 0.984. The topological polar surface area (TPSA) is 35.0 Å². The molecule has 78 valence electrons. The Hall–Kier alpha value is -1.71. The zero-order chi connectivity index (χ0) is 10.5. The number of halogens is 1. The van der Waals surface area contributed by atoms with Crippen molar-refractivity contribution in [1.29, 1.82) is 0 Å². The number of hydrogen-bond donors (Lipinski definition) is 0. The minimum absolute atomic E-state index is 0.0250. The van der Waals surface area contributed by atoms with Crippen molar-refractivity contribution < 1.29 is 9.47 Å². The highest BCUT2D eigenvalue weighted by Crippen LogP contribution is 2.18. The van der Waals surface area contributed by atoms with E-state index in [9.17, 15) is 4.53 Å². The molecule has 0 spiro atoms. The summed E-state index contributed by atoms with van der Waals surface area (Å²) in [7, 11) is 0. The number of nitrogens with zero attached hydrogens (tertiary/aromatic N) is 2. The van der Waals surface area contributed by atoms with E-state index in [2.05, 4.69) is 27.1 Å². The summed E-state index contributed by atoms with van der Waals surface area (Å²) in [5.74, 6) is 0.630. The van der Waals surface area contributed by atoms with Crippen LogP contribution < -0.4 is 4.94 Å². The van der Waals surface area contributed by atoms with Crippen molar-refractivity contribution in [3.8, 4) is 5.75 Å². The monoisotopic (exact) mass is 206 g/mol. The maximum Gasteiger partial charge on any atom is 0.208 e. The first-order valence-corrected chi connectivity index (χ1v) is 4.88. The van der Waals surface area contributed by atoms with Gasteiger partial charge >= 0.3 is 0 Å². The molecule has 0 aliphatic heterocycles. The maximum absolute atomic E-state index is 11.8. The second-order valence-electron chi connectivity index (χ2n) is 3.31. The summed E-state index contributed by atoms with van der Waals surface area (Å²) >= 11 is 0. The lowest BCUT2D eigenvalue weighted by atomic mass is 10.2. The predicted molar refractivity (Wildman–Crippen MR) is 54.7 cm³/mol. The van der Waals surface area contributed by atoms with Crippen LogP contribution in [0.1, 0.15) is 25.1 Å². The zero-order valence-corrected chi connectivity index (χ0v) is 8.19. The van der Waals surface area contributed by atoms with E-state index in [1.165, 1.54) is 12.4 Å². The molecule has 1 aromatic rings. The van der Waals surface area contributed by atoms with Gasteiger partial charge in [-0.1, -0.05) is 18.2 Å². The van der Waals surface area contributed by atoms with E-state index in [0.29, 0.717) is 5.82 Å². The van der Waals surface area contributed by atoms with E-state index < -0.39 is 0 Å². The second-order valence-corrected chi connectivity index (χ2v) is 3.31. The first-order valence-electron chi connectivity index (χ1n) is 4.88. The largest absolute Gasteiger partial charge is 0.291 e. The van der Waals surface area contributed by atoms with Gasteiger partial charge in [-0.15, -0.1) is 0 Å². The van der Waals surface area contributed by atoms with Gasteiger partial charge in [-0.2, -0.15) is 0 Å². The highest BCUT2D eigenvalue weighted by atomic mass is 19.3. The fourth-order valence-electron chi connectivity index (χ4n) is 1.44. The first-order chi connectivity index (χ1) is 7.40. The first kappa shape index (κ1) is 9.83. The molecule has 15 heavy (non-hydrogen) atoms. The Kier molecular flexibility index (Phi) is 3.07. The number of aromatic nitrogens is 2.